The summed E-state index contributed by atoms with van der Waals surface area (Å²) >= 11 is 0. The zero-order valence-electron chi connectivity index (χ0n) is 9.23. The lowest BCUT2D eigenvalue weighted by Gasteiger charge is -2.07. The van der Waals surface area contributed by atoms with Gasteiger partial charge in [0, 0.05) is 5.10 Å². The van der Waals surface area contributed by atoms with Gasteiger partial charge in [0.25, 0.3) is 5.96 Å². The van der Waals surface area contributed by atoms with Crippen molar-refractivity contribution in [1.29, 1.82) is 0 Å². The lowest BCUT2D eigenvalue weighted by atomic mass is 10.2. The fraction of sp³-hybridized carbons (Fsp3) is 0.200. The van der Waals surface area contributed by atoms with Gasteiger partial charge in [-0.2, -0.15) is 0 Å². The van der Waals surface area contributed by atoms with Crippen LogP contribution in [0.15, 0.2) is 23.3 Å². The second-order valence-electron chi connectivity index (χ2n) is 2.89. The Morgan fingerprint density at radius 2 is 2.06 bits per heavy atom. The maximum absolute atomic E-state index is 5.22. The van der Waals surface area contributed by atoms with Gasteiger partial charge in [-0.1, -0.05) is 6.07 Å². The van der Waals surface area contributed by atoms with E-state index in [1.54, 1.807) is 26.5 Å². The topological polar surface area (TPSA) is 96.8 Å². The van der Waals surface area contributed by atoms with Gasteiger partial charge in [0.15, 0.2) is 11.5 Å². The number of rotatable bonds is 4. The zero-order valence-corrected chi connectivity index (χ0v) is 9.23. The highest BCUT2D eigenvalue weighted by Gasteiger charge is 2.09. The predicted octanol–water partition coefficient (Wildman–Crippen LogP) is -1.61. The summed E-state index contributed by atoms with van der Waals surface area (Å²) in [5, 5.41) is 6.23. The van der Waals surface area contributed by atoms with Crippen LogP contribution in [0.2, 0.25) is 0 Å². The second-order valence-corrected chi connectivity index (χ2v) is 2.89. The number of ether oxygens (including phenoxy) is 2. The average Bonchev–Trinajstić information content (AvgIpc) is 2.28. The Balaban J connectivity index is 3.04. The Bertz CT molecular complexity index is 411. The summed E-state index contributed by atoms with van der Waals surface area (Å²) in [6, 6.07) is 5.48. The first kappa shape index (κ1) is 11.8. The number of nitrogens with two attached hydrogens (primary N) is 2. The summed E-state index contributed by atoms with van der Waals surface area (Å²) in [6.45, 7) is 0. The zero-order chi connectivity index (χ0) is 12.0. The van der Waals surface area contributed by atoms with Crippen molar-refractivity contribution in [2.24, 2.45) is 16.6 Å². The predicted molar refractivity (Wildman–Crippen MR) is 61.5 cm³/mol. The third kappa shape index (κ3) is 2.88. The number of hydrogen-bond donors (Lipinski definition) is 3. The second kappa shape index (κ2) is 5.59. The van der Waals surface area contributed by atoms with Crippen LogP contribution >= 0.6 is 0 Å². The minimum atomic E-state index is -0.0434. The van der Waals surface area contributed by atoms with Crippen molar-refractivity contribution in [1.82, 2.24) is 0 Å². The molecule has 0 saturated heterocycles. The normalized spacial score (nSPS) is 10.1. The molecule has 0 unspecified atom stereocenters. The molecule has 5 N–H and O–H groups in total. The van der Waals surface area contributed by atoms with Gasteiger partial charge >= 0.3 is 0 Å². The molecule has 0 aromatic heterocycles. The molecule has 86 valence electrons. The third-order valence-electron chi connectivity index (χ3n) is 1.85. The van der Waals surface area contributed by atoms with E-state index in [1.807, 2.05) is 12.1 Å². The molecule has 0 aliphatic rings. The average molecular weight is 223 g/mol. The molecule has 0 atom stereocenters. The molecule has 1 aromatic carbocycles. The first-order valence-corrected chi connectivity index (χ1v) is 4.57. The lowest BCUT2D eigenvalue weighted by Crippen LogP contribution is -2.63. The van der Waals surface area contributed by atoms with Crippen LogP contribution in [0.5, 0.6) is 11.5 Å². The van der Waals surface area contributed by atoms with Gasteiger partial charge in [-0.05, 0) is 12.1 Å². The van der Waals surface area contributed by atoms with Crippen molar-refractivity contribution >= 4 is 12.2 Å². The SMILES string of the molecule is COc1cccc(/C=[NH+]\N=C(N)N)c1OC. The number of para-hydroxylation sites is 1. The van der Waals surface area contributed by atoms with E-state index in [-0.39, 0.29) is 5.96 Å². The smallest absolute Gasteiger partial charge is 0.256 e. The van der Waals surface area contributed by atoms with E-state index in [4.69, 9.17) is 20.9 Å². The Morgan fingerprint density at radius 1 is 1.31 bits per heavy atom. The van der Waals surface area contributed by atoms with E-state index < -0.39 is 0 Å². The maximum Gasteiger partial charge on any atom is 0.256 e. The van der Waals surface area contributed by atoms with Crippen LogP contribution in [-0.4, -0.2) is 26.4 Å². The van der Waals surface area contributed by atoms with Crippen LogP contribution in [0.25, 0.3) is 0 Å². The van der Waals surface area contributed by atoms with Gasteiger partial charge in [-0.25, -0.2) is 0 Å². The highest BCUT2D eigenvalue weighted by Crippen LogP contribution is 2.28. The van der Waals surface area contributed by atoms with Crippen LogP contribution in [0, 0.1) is 0 Å². The van der Waals surface area contributed by atoms with Crippen LogP contribution in [-0.2, 0) is 0 Å². The molecule has 0 saturated carbocycles. The van der Waals surface area contributed by atoms with Gasteiger partial charge in [0.05, 0.1) is 19.8 Å². The van der Waals surface area contributed by atoms with Gasteiger partial charge in [-0.3, -0.25) is 0 Å². The highest BCUT2D eigenvalue weighted by molar-refractivity contribution is 5.81. The van der Waals surface area contributed by atoms with Crippen molar-refractivity contribution in [2.45, 2.75) is 0 Å². The molecule has 6 heteroatoms. The van der Waals surface area contributed by atoms with E-state index >= 15 is 0 Å². The molecular formula is C10H15N4O2+. The molecule has 0 radical (unpaired) electrons. The molecule has 16 heavy (non-hydrogen) atoms. The maximum atomic E-state index is 5.22. The standard InChI is InChI=1S/C10H14N4O2/c1-15-8-5-3-4-7(9(8)16-2)6-13-14-10(11)12/h3-6H,1-2H3,(H4,11,12,14)/p+1/b13-6-. The summed E-state index contributed by atoms with van der Waals surface area (Å²) < 4.78 is 10.4. The van der Waals surface area contributed by atoms with Gasteiger partial charge < -0.3 is 20.9 Å². The molecule has 1 aromatic rings. The lowest BCUT2D eigenvalue weighted by molar-refractivity contribution is -0.456. The summed E-state index contributed by atoms with van der Waals surface area (Å²) in [4.78, 5) is 0. The van der Waals surface area contributed by atoms with Crippen LogP contribution < -0.4 is 26.0 Å². The van der Waals surface area contributed by atoms with Crippen LogP contribution in [0.1, 0.15) is 5.56 Å². The minimum Gasteiger partial charge on any atom is -0.493 e. The molecule has 6 nitrogen and oxygen atoms in total. The largest absolute Gasteiger partial charge is 0.493 e. The third-order valence-corrected chi connectivity index (χ3v) is 1.85. The van der Waals surface area contributed by atoms with E-state index in [0.717, 1.165) is 5.56 Å². The summed E-state index contributed by atoms with van der Waals surface area (Å²) in [5.41, 5.74) is 11.1. The highest BCUT2D eigenvalue weighted by atomic mass is 16.5. The van der Waals surface area contributed by atoms with Gasteiger partial charge in [0.2, 0.25) is 6.21 Å². The summed E-state index contributed by atoms with van der Waals surface area (Å²) in [5.74, 6) is 1.21. The molecule has 0 spiro atoms. The summed E-state index contributed by atoms with van der Waals surface area (Å²) in [6.07, 6.45) is 1.61. The number of methoxy groups -OCH3 is 2. The number of guanidine groups is 1. The quantitative estimate of drug-likeness (QED) is 0.325. The number of nitrogens with zero attached hydrogens (tertiary/aromatic N) is 1. The number of benzene rings is 1. The van der Waals surface area contributed by atoms with Crippen molar-refractivity contribution < 1.29 is 14.6 Å². The number of hydrogen-bond acceptors (Lipinski definition) is 3. The Morgan fingerprint density at radius 3 is 2.62 bits per heavy atom. The fourth-order valence-corrected chi connectivity index (χ4v) is 1.20. The number of hydrazone groups is 1. The van der Waals surface area contributed by atoms with Crippen molar-refractivity contribution in [3.8, 4) is 11.5 Å². The minimum absolute atomic E-state index is 0.0434. The van der Waals surface area contributed by atoms with Crippen molar-refractivity contribution in [3.63, 3.8) is 0 Å². The molecule has 0 aliphatic heterocycles. The fourth-order valence-electron chi connectivity index (χ4n) is 1.20. The van der Waals surface area contributed by atoms with Gasteiger partial charge in [0.1, 0.15) is 0 Å². The Kier molecular flexibility index (Phi) is 4.14. The number of nitrogens with one attached hydrogen (secondary N) is 1. The molecule has 1 rings (SSSR count). The molecule has 0 heterocycles. The molecule has 0 amide bonds. The summed E-state index contributed by atoms with van der Waals surface area (Å²) in [7, 11) is 3.14. The Labute approximate surface area is 93.6 Å². The van der Waals surface area contributed by atoms with Gasteiger partial charge in [-0.15, -0.1) is 5.10 Å². The molecule has 0 aliphatic carbocycles. The van der Waals surface area contributed by atoms with E-state index in [1.165, 1.54) is 0 Å². The van der Waals surface area contributed by atoms with Crippen LogP contribution in [0.4, 0.5) is 0 Å². The molecular weight excluding hydrogens is 208 g/mol. The molecule has 0 bridgehead atoms. The van der Waals surface area contributed by atoms with E-state index in [2.05, 4.69) is 10.2 Å². The van der Waals surface area contributed by atoms with E-state index in [0.29, 0.717) is 11.5 Å². The van der Waals surface area contributed by atoms with Crippen molar-refractivity contribution in [2.75, 3.05) is 14.2 Å². The molecule has 0 fully saturated rings. The van der Waals surface area contributed by atoms with Crippen molar-refractivity contribution in [3.05, 3.63) is 23.8 Å². The van der Waals surface area contributed by atoms with E-state index in [9.17, 15) is 0 Å². The first-order chi connectivity index (χ1) is 7.69. The van der Waals surface area contributed by atoms with Crippen LogP contribution in [0.3, 0.4) is 0 Å². The monoisotopic (exact) mass is 223 g/mol. The first-order valence-electron chi connectivity index (χ1n) is 4.57. The Hall–Kier alpha value is -2.24.